The summed E-state index contributed by atoms with van der Waals surface area (Å²) in [5.41, 5.74) is 1.93. The van der Waals surface area contributed by atoms with Crippen LogP contribution in [0.1, 0.15) is 43.2 Å². The van der Waals surface area contributed by atoms with Gasteiger partial charge in [0.25, 0.3) is 10.0 Å². The molecule has 2 amide bonds. The maximum Gasteiger partial charge on any atom is 0.264 e. The van der Waals surface area contributed by atoms with Gasteiger partial charge in [-0.1, -0.05) is 95.9 Å². The molecule has 256 valence electrons. The van der Waals surface area contributed by atoms with E-state index >= 15 is 0 Å². The number of carbonyl (C=O) groups is 2. The monoisotopic (exact) mass is 745 g/mol. The molecule has 49 heavy (non-hydrogen) atoms. The second-order valence-corrected chi connectivity index (χ2v) is 15.1. The fourth-order valence-corrected chi connectivity index (χ4v) is 8.24. The van der Waals surface area contributed by atoms with Crippen molar-refractivity contribution in [2.24, 2.45) is 0 Å². The summed E-state index contributed by atoms with van der Waals surface area (Å²) in [5, 5.41) is 3.24. The highest BCUT2D eigenvalue weighted by Gasteiger charge is 2.36. The third kappa shape index (κ3) is 8.63. The summed E-state index contributed by atoms with van der Waals surface area (Å²) in [6, 6.07) is 29.1. The van der Waals surface area contributed by atoms with Crippen molar-refractivity contribution in [3.8, 4) is 11.5 Å². The lowest BCUT2D eigenvalue weighted by Gasteiger charge is -2.35. The van der Waals surface area contributed by atoms with Gasteiger partial charge in [-0.25, -0.2) is 8.42 Å². The lowest BCUT2D eigenvalue weighted by molar-refractivity contribution is -0.140. The first kappa shape index (κ1) is 34.5. The molecular weight excluding hydrogens is 706 g/mol. The van der Waals surface area contributed by atoms with Gasteiger partial charge in [0.2, 0.25) is 11.8 Å². The summed E-state index contributed by atoms with van der Waals surface area (Å²) in [5.74, 6) is 0.117. The van der Waals surface area contributed by atoms with Crippen LogP contribution >= 0.6 is 15.9 Å². The predicted molar refractivity (Wildman–Crippen MR) is 192 cm³/mol. The van der Waals surface area contributed by atoms with Crippen LogP contribution in [0, 0.1) is 0 Å². The maximum absolute atomic E-state index is 14.8. The Labute approximate surface area is 296 Å². The zero-order chi connectivity index (χ0) is 34.2. The van der Waals surface area contributed by atoms with Crippen molar-refractivity contribution < 1.29 is 27.5 Å². The first-order chi connectivity index (χ1) is 23.8. The van der Waals surface area contributed by atoms with Crippen LogP contribution in [0.25, 0.3) is 0 Å². The number of hydrogen-bond acceptors (Lipinski definition) is 6. The molecule has 0 bridgehead atoms. The van der Waals surface area contributed by atoms with Gasteiger partial charge in [-0.05, 0) is 60.4 Å². The highest BCUT2D eigenvalue weighted by molar-refractivity contribution is 9.10. The minimum Gasteiger partial charge on any atom is -0.486 e. The molecule has 1 fully saturated rings. The smallest absolute Gasteiger partial charge is 0.264 e. The molecule has 2 aliphatic rings. The number of fused-ring (bicyclic) bond motifs is 1. The zero-order valence-corrected chi connectivity index (χ0v) is 29.6. The fraction of sp³-hybridized carbons (Fsp3) is 0.316. The maximum atomic E-state index is 14.8. The van der Waals surface area contributed by atoms with E-state index in [1.165, 1.54) is 17.0 Å². The van der Waals surface area contributed by atoms with E-state index in [1.807, 2.05) is 54.6 Å². The molecule has 1 aliphatic heterocycles. The molecule has 1 atom stereocenters. The number of carbonyl (C=O) groups excluding carboxylic acids is 2. The Morgan fingerprint density at radius 1 is 0.796 bits per heavy atom. The summed E-state index contributed by atoms with van der Waals surface area (Å²) in [6.07, 6.45) is 5.24. The Morgan fingerprint density at radius 3 is 2.18 bits per heavy atom. The van der Waals surface area contributed by atoms with Crippen LogP contribution in [-0.2, 0) is 32.6 Å². The lowest BCUT2D eigenvalue weighted by Crippen LogP contribution is -2.55. The Bertz CT molecular complexity index is 1850. The second kappa shape index (κ2) is 15.9. The number of nitrogens with one attached hydrogen (secondary N) is 1. The summed E-state index contributed by atoms with van der Waals surface area (Å²) in [6.45, 7) is 0.243. The van der Waals surface area contributed by atoms with Gasteiger partial charge in [-0.3, -0.25) is 13.9 Å². The van der Waals surface area contributed by atoms with Crippen molar-refractivity contribution in [3.63, 3.8) is 0 Å². The number of hydrogen-bond donors (Lipinski definition) is 1. The molecule has 1 N–H and O–H groups in total. The quantitative estimate of drug-likeness (QED) is 0.178. The summed E-state index contributed by atoms with van der Waals surface area (Å²) >= 11 is 3.54. The van der Waals surface area contributed by atoms with Crippen molar-refractivity contribution in [1.82, 2.24) is 10.2 Å². The molecule has 4 aromatic carbocycles. The van der Waals surface area contributed by atoms with Gasteiger partial charge in [0.15, 0.2) is 11.5 Å². The number of rotatable bonds is 12. The molecular formula is C38H40BrN3O6S. The normalized spacial score (nSPS) is 15.2. The molecule has 0 radical (unpaired) electrons. The molecule has 9 nitrogen and oxygen atoms in total. The number of amides is 2. The zero-order valence-electron chi connectivity index (χ0n) is 27.2. The minimum absolute atomic E-state index is 0.0232. The average Bonchev–Trinajstić information content (AvgIpc) is 3.13. The van der Waals surface area contributed by atoms with Gasteiger partial charge in [0.1, 0.15) is 25.8 Å². The molecule has 11 heteroatoms. The first-order valence-electron chi connectivity index (χ1n) is 16.6. The number of benzene rings is 4. The van der Waals surface area contributed by atoms with Gasteiger partial charge in [0, 0.05) is 29.5 Å². The van der Waals surface area contributed by atoms with Crippen LogP contribution in [0.15, 0.2) is 112 Å². The van der Waals surface area contributed by atoms with Crippen LogP contribution in [0.2, 0.25) is 0 Å². The highest BCUT2D eigenvalue weighted by atomic mass is 79.9. The van der Waals surface area contributed by atoms with E-state index in [2.05, 4.69) is 21.2 Å². The van der Waals surface area contributed by atoms with E-state index < -0.39 is 28.5 Å². The average molecular weight is 747 g/mol. The Hall–Kier alpha value is -4.35. The molecule has 1 heterocycles. The van der Waals surface area contributed by atoms with E-state index in [-0.39, 0.29) is 35.5 Å². The first-order valence-corrected chi connectivity index (χ1v) is 18.9. The summed E-state index contributed by atoms with van der Waals surface area (Å²) in [7, 11) is -4.23. The van der Waals surface area contributed by atoms with Crippen molar-refractivity contribution in [2.45, 2.75) is 62.0 Å². The molecule has 4 aromatic rings. The van der Waals surface area contributed by atoms with Gasteiger partial charge >= 0.3 is 0 Å². The van der Waals surface area contributed by atoms with Crippen LogP contribution in [0.3, 0.4) is 0 Å². The highest BCUT2D eigenvalue weighted by Crippen LogP contribution is 2.36. The van der Waals surface area contributed by atoms with Gasteiger partial charge in [0.05, 0.1) is 10.6 Å². The van der Waals surface area contributed by atoms with E-state index in [1.54, 1.807) is 36.4 Å². The number of sulfonamides is 1. The molecule has 0 unspecified atom stereocenters. The molecule has 1 saturated carbocycles. The minimum atomic E-state index is -4.23. The number of halogens is 1. The SMILES string of the molecule is O=C(NC1CCCCC1)[C@H](Cc1ccccc1)N(Cc1cccc(Br)c1)C(=O)CN(c1ccc2c(c1)OCCO2)S(=O)(=O)c1ccccc1. The van der Waals surface area contributed by atoms with Crippen LogP contribution < -0.4 is 19.1 Å². The molecule has 6 rings (SSSR count). The van der Waals surface area contributed by atoms with Gasteiger partial charge in [-0.15, -0.1) is 0 Å². The van der Waals surface area contributed by atoms with Crippen molar-refractivity contribution in [3.05, 3.63) is 119 Å². The lowest BCUT2D eigenvalue weighted by atomic mass is 9.94. The number of anilines is 1. The van der Waals surface area contributed by atoms with Crippen LogP contribution in [0.5, 0.6) is 11.5 Å². The summed E-state index contributed by atoms with van der Waals surface area (Å²) in [4.78, 5) is 30.6. The standard InChI is InChI=1S/C38H40BrN3O6S/c39-30-14-10-13-29(23-30)26-41(34(24-28-11-4-1-5-12-28)38(44)40-31-15-6-2-7-16-31)37(43)27-42(49(45,46)33-17-8-3-9-18-33)32-19-20-35-36(25-32)48-22-21-47-35/h1,3-5,8-14,17-20,23,25,31,34H,2,6-7,15-16,21-22,24,26-27H2,(H,40,44)/t34-/m0/s1. The van der Waals surface area contributed by atoms with E-state index in [0.717, 1.165) is 52.0 Å². The molecule has 1 aliphatic carbocycles. The molecule has 0 aromatic heterocycles. The molecule has 0 spiro atoms. The van der Waals surface area contributed by atoms with Crippen molar-refractivity contribution in [2.75, 3.05) is 24.1 Å². The van der Waals surface area contributed by atoms with E-state index in [0.29, 0.717) is 24.7 Å². The molecule has 0 saturated heterocycles. The van der Waals surface area contributed by atoms with E-state index in [9.17, 15) is 18.0 Å². The van der Waals surface area contributed by atoms with Gasteiger partial charge in [-0.2, -0.15) is 0 Å². The Balaban J connectivity index is 1.40. The van der Waals surface area contributed by atoms with Gasteiger partial charge < -0.3 is 19.7 Å². The predicted octanol–water partition coefficient (Wildman–Crippen LogP) is 6.50. The number of ether oxygens (including phenoxy) is 2. The topological polar surface area (TPSA) is 105 Å². The number of nitrogens with zero attached hydrogens (tertiary/aromatic N) is 2. The van der Waals surface area contributed by atoms with Crippen LogP contribution in [-0.4, -0.2) is 57.0 Å². The van der Waals surface area contributed by atoms with Crippen molar-refractivity contribution >= 4 is 43.5 Å². The Morgan fingerprint density at radius 2 is 1.47 bits per heavy atom. The van der Waals surface area contributed by atoms with Crippen LogP contribution in [0.4, 0.5) is 5.69 Å². The largest absolute Gasteiger partial charge is 0.486 e. The van der Waals surface area contributed by atoms with Crippen molar-refractivity contribution in [1.29, 1.82) is 0 Å². The third-order valence-electron chi connectivity index (χ3n) is 8.89. The Kier molecular flexibility index (Phi) is 11.2. The summed E-state index contributed by atoms with van der Waals surface area (Å²) < 4.78 is 42.0. The fourth-order valence-electron chi connectivity index (χ4n) is 6.37. The van der Waals surface area contributed by atoms with E-state index in [4.69, 9.17) is 9.47 Å². The second-order valence-electron chi connectivity index (χ2n) is 12.4. The third-order valence-corrected chi connectivity index (χ3v) is 11.2.